The molecular formula is C27H23ClFNO5. The highest BCUT2D eigenvalue weighted by atomic mass is 35.5. The lowest BCUT2D eigenvalue weighted by Crippen LogP contribution is -2.32. The minimum Gasteiger partial charge on any atom is -0.507 e. The van der Waals surface area contributed by atoms with Gasteiger partial charge in [0.2, 0.25) is 0 Å². The van der Waals surface area contributed by atoms with Crippen molar-refractivity contribution in [1.29, 1.82) is 0 Å². The normalized spacial score (nSPS) is 17.1. The number of hydrogen-bond donors (Lipinski definition) is 1. The number of nitrogens with zero attached hydrogens (tertiary/aromatic N) is 1. The van der Waals surface area contributed by atoms with Gasteiger partial charge in [0, 0.05) is 24.2 Å². The lowest BCUT2D eigenvalue weighted by molar-refractivity contribution is -0.140. The summed E-state index contributed by atoms with van der Waals surface area (Å²) in [7, 11) is 1.50. The van der Waals surface area contributed by atoms with Gasteiger partial charge in [0.25, 0.3) is 11.7 Å². The van der Waals surface area contributed by atoms with E-state index >= 15 is 0 Å². The fraction of sp³-hybridized carbons (Fsp3) is 0.185. The van der Waals surface area contributed by atoms with Gasteiger partial charge in [-0.05, 0) is 47.5 Å². The van der Waals surface area contributed by atoms with E-state index in [1.165, 1.54) is 30.2 Å². The molecule has 1 saturated heterocycles. The van der Waals surface area contributed by atoms with Gasteiger partial charge in [-0.3, -0.25) is 9.59 Å². The van der Waals surface area contributed by atoms with Crippen molar-refractivity contribution in [3.05, 3.63) is 106 Å². The van der Waals surface area contributed by atoms with Crippen LogP contribution >= 0.6 is 11.6 Å². The third-order valence-electron chi connectivity index (χ3n) is 5.69. The van der Waals surface area contributed by atoms with Crippen LogP contribution in [-0.4, -0.2) is 42.0 Å². The quantitative estimate of drug-likeness (QED) is 0.266. The molecule has 1 fully saturated rings. The van der Waals surface area contributed by atoms with Crippen molar-refractivity contribution in [2.24, 2.45) is 0 Å². The van der Waals surface area contributed by atoms with Gasteiger partial charge in [0.1, 0.15) is 23.9 Å². The van der Waals surface area contributed by atoms with Crippen molar-refractivity contribution in [3.8, 4) is 5.75 Å². The molecule has 0 aromatic heterocycles. The number of ether oxygens (including phenoxy) is 2. The first kappa shape index (κ1) is 24.4. The maximum Gasteiger partial charge on any atom is 0.295 e. The average Bonchev–Trinajstić information content (AvgIpc) is 3.12. The van der Waals surface area contributed by atoms with Gasteiger partial charge in [-0.2, -0.15) is 0 Å². The molecule has 0 aliphatic carbocycles. The second kappa shape index (κ2) is 10.7. The Morgan fingerprint density at radius 1 is 1.06 bits per heavy atom. The van der Waals surface area contributed by atoms with E-state index < -0.39 is 17.7 Å². The molecule has 8 heteroatoms. The zero-order chi connectivity index (χ0) is 24.9. The number of hydrogen-bond acceptors (Lipinski definition) is 5. The fourth-order valence-electron chi connectivity index (χ4n) is 3.93. The lowest BCUT2D eigenvalue weighted by Gasteiger charge is -2.25. The predicted molar refractivity (Wildman–Crippen MR) is 130 cm³/mol. The van der Waals surface area contributed by atoms with E-state index in [2.05, 4.69) is 0 Å². The molecule has 3 aromatic rings. The van der Waals surface area contributed by atoms with Crippen LogP contribution in [0.4, 0.5) is 4.39 Å². The van der Waals surface area contributed by atoms with Gasteiger partial charge >= 0.3 is 0 Å². The molecule has 35 heavy (non-hydrogen) atoms. The summed E-state index contributed by atoms with van der Waals surface area (Å²) in [5.41, 5.74) is 1.75. The molecule has 1 aliphatic rings. The van der Waals surface area contributed by atoms with Gasteiger partial charge < -0.3 is 19.5 Å². The number of rotatable bonds is 8. The third-order valence-corrected chi connectivity index (χ3v) is 5.92. The number of ketones is 1. The van der Waals surface area contributed by atoms with E-state index in [1.54, 1.807) is 54.6 Å². The Balaban J connectivity index is 1.66. The first-order chi connectivity index (χ1) is 16.9. The van der Waals surface area contributed by atoms with Crippen LogP contribution < -0.4 is 4.74 Å². The lowest BCUT2D eigenvalue weighted by atomic mass is 9.95. The zero-order valence-electron chi connectivity index (χ0n) is 18.9. The first-order valence-corrected chi connectivity index (χ1v) is 11.3. The second-order valence-corrected chi connectivity index (χ2v) is 8.42. The molecule has 1 unspecified atom stereocenters. The third kappa shape index (κ3) is 5.37. The average molecular weight is 496 g/mol. The Hall–Kier alpha value is -3.68. The topological polar surface area (TPSA) is 76.1 Å². The highest BCUT2D eigenvalue weighted by molar-refractivity contribution is 6.46. The number of aliphatic hydroxyl groups is 1. The number of amides is 1. The minimum absolute atomic E-state index is 0.0200. The largest absolute Gasteiger partial charge is 0.507 e. The molecule has 1 N–H and O–H groups in total. The van der Waals surface area contributed by atoms with Crippen LogP contribution in [0, 0.1) is 5.82 Å². The molecule has 0 saturated carbocycles. The van der Waals surface area contributed by atoms with Crippen LogP contribution in [0.3, 0.4) is 0 Å². The molecule has 1 atom stereocenters. The van der Waals surface area contributed by atoms with E-state index in [0.29, 0.717) is 21.9 Å². The Labute approximate surface area is 207 Å². The van der Waals surface area contributed by atoms with E-state index in [9.17, 15) is 19.1 Å². The van der Waals surface area contributed by atoms with Crippen LogP contribution in [0.2, 0.25) is 5.02 Å². The number of aliphatic hydroxyl groups excluding tert-OH is 1. The molecule has 4 rings (SSSR count). The Bertz CT molecular complexity index is 1260. The summed E-state index contributed by atoms with van der Waals surface area (Å²) in [5, 5.41) is 11.4. The standard InChI is InChI=1S/C27H23ClFNO5/c1-34-14-13-30-24(23(26(32)27(30)33)25(31)19-3-2-4-20(28)15-19)18-7-11-22(12-8-18)35-16-17-5-9-21(29)10-6-17/h2-12,15,24,31H,13-14,16H2,1H3/b25-23-. The van der Waals surface area contributed by atoms with Crippen LogP contribution in [0.15, 0.2) is 78.4 Å². The van der Waals surface area contributed by atoms with E-state index in [0.717, 1.165) is 5.56 Å². The number of methoxy groups -OCH3 is 1. The molecular weight excluding hydrogens is 473 g/mol. The van der Waals surface area contributed by atoms with Crippen molar-refractivity contribution in [2.75, 3.05) is 20.3 Å². The number of carbonyl (C=O) groups excluding carboxylic acids is 2. The van der Waals surface area contributed by atoms with Gasteiger partial charge in [-0.25, -0.2) is 4.39 Å². The smallest absolute Gasteiger partial charge is 0.295 e. The maximum atomic E-state index is 13.1. The van der Waals surface area contributed by atoms with Gasteiger partial charge in [0.15, 0.2) is 0 Å². The Kier molecular flexibility index (Phi) is 7.48. The number of likely N-dealkylation sites (tertiary alicyclic amines) is 1. The van der Waals surface area contributed by atoms with Crippen LogP contribution in [0.1, 0.15) is 22.7 Å². The molecule has 0 spiro atoms. The summed E-state index contributed by atoms with van der Waals surface area (Å²) < 4.78 is 24.0. The van der Waals surface area contributed by atoms with Crippen LogP contribution in [-0.2, 0) is 20.9 Å². The molecule has 1 heterocycles. The molecule has 1 aliphatic heterocycles. The van der Waals surface area contributed by atoms with Crippen molar-refractivity contribution in [1.82, 2.24) is 4.90 Å². The molecule has 0 radical (unpaired) electrons. The summed E-state index contributed by atoms with van der Waals surface area (Å²) in [5.74, 6) is -1.55. The summed E-state index contributed by atoms with van der Waals surface area (Å²) in [4.78, 5) is 27.2. The van der Waals surface area contributed by atoms with Crippen LogP contribution in [0.5, 0.6) is 5.75 Å². The van der Waals surface area contributed by atoms with E-state index in [4.69, 9.17) is 21.1 Å². The predicted octanol–water partition coefficient (Wildman–Crippen LogP) is 5.13. The van der Waals surface area contributed by atoms with Crippen molar-refractivity contribution in [2.45, 2.75) is 12.6 Å². The summed E-state index contributed by atoms with van der Waals surface area (Å²) in [6.45, 7) is 0.640. The van der Waals surface area contributed by atoms with Crippen molar-refractivity contribution < 1.29 is 28.6 Å². The van der Waals surface area contributed by atoms with Crippen LogP contribution in [0.25, 0.3) is 5.76 Å². The maximum absolute atomic E-state index is 13.1. The molecule has 1 amide bonds. The van der Waals surface area contributed by atoms with Crippen molar-refractivity contribution >= 4 is 29.1 Å². The van der Waals surface area contributed by atoms with E-state index in [-0.39, 0.29) is 36.9 Å². The number of Topliss-reactive ketones (excluding diaryl/α,β-unsaturated/α-hetero) is 1. The molecule has 0 bridgehead atoms. The highest BCUT2D eigenvalue weighted by Gasteiger charge is 2.45. The number of benzene rings is 3. The molecule has 180 valence electrons. The SMILES string of the molecule is COCCN1C(=O)C(=O)/C(=C(\O)c2cccc(Cl)c2)C1c1ccc(OCc2ccc(F)cc2)cc1. The summed E-state index contributed by atoms with van der Waals surface area (Å²) in [6.07, 6.45) is 0. The zero-order valence-corrected chi connectivity index (χ0v) is 19.7. The summed E-state index contributed by atoms with van der Waals surface area (Å²) >= 11 is 6.07. The van der Waals surface area contributed by atoms with E-state index in [1.807, 2.05) is 0 Å². The second-order valence-electron chi connectivity index (χ2n) is 7.98. The minimum atomic E-state index is -0.810. The fourth-order valence-corrected chi connectivity index (χ4v) is 4.12. The van der Waals surface area contributed by atoms with Gasteiger partial charge in [-0.15, -0.1) is 0 Å². The Morgan fingerprint density at radius 2 is 1.77 bits per heavy atom. The first-order valence-electron chi connectivity index (χ1n) is 10.9. The monoisotopic (exact) mass is 495 g/mol. The Morgan fingerprint density at radius 3 is 2.43 bits per heavy atom. The number of halogens is 2. The highest BCUT2D eigenvalue weighted by Crippen LogP contribution is 2.40. The number of carbonyl (C=O) groups is 2. The summed E-state index contributed by atoms with van der Waals surface area (Å²) in [6, 6.07) is 18.6. The molecule has 6 nitrogen and oxygen atoms in total. The van der Waals surface area contributed by atoms with Gasteiger partial charge in [-0.1, -0.05) is 48.0 Å². The molecule has 3 aromatic carbocycles. The van der Waals surface area contributed by atoms with Gasteiger partial charge in [0.05, 0.1) is 18.2 Å². The van der Waals surface area contributed by atoms with Crippen molar-refractivity contribution in [3.63, 3.8) is 0 Å².